The number of hydrogen-bond donors (Lipinski definition) is 0. The maximum absolute atomic E-state index is 13.2. The lowest BCUT2D eigenvalue weighted by Gasteiger charge is -2.38. The zero-order chi connectivity index (χ0) is 26.5. The summed E-state index contributed by atoms with van der Waals surface area (Å²) in [5.74, 6) is 0.970. The zero-order valence-electron chi connectivity index (χ0n) is 20.7. The van der Waals surface area contributed by atoms with Crippen molar-refractivity contribution in [1.29, 1.82) is 0 Å². The quantitative estimate of drug-likeness (QED) is 0.404. The molecule has 1 fully saturated rings. The molecule has 4 aromatic heterocycles. The number of aromatic nitrogens is 5. The summed E-state index contributed by atoms with van der Waals surface area (Å²) >= 11 is 0. The van der Waals surface area contributed by atoms with Crippen LogP contribution in [0.15, 0.2) is 47.5 Å². The molecule has 0 radical (unpaired) electrons. The van der Waals surface area contributed by atoms with Crippen LogP contribution in [-0.4, -0.2) is 43.7 Å². The molecule has 0 aliphatic carbocycles. The van der Waals surface area contributed by atoms with Crippen LogP contribution < -0.4 is 10.5 Å². The van der Waals surface area contributed by atoms with Crippen LogP contribution in [0.2, 0.25) is 0 Å². The molecule has 1 saturated heterocycles. The van der Waals surface area contributed by atoms with Gasteiger partial charge in [-0.2, -0.15) is 13.2 Å². The molecule has 0 saturated carbocycles. The second-order valence-electron chi connectivity index (χ2n) is 9.25. The van der Waals surface area contributed by atoms with Crippen LogP contribution >= 0.6 is 0 Å². The van der Waals surface area contributed by atoms with Crippen LogP contribution in [0.4, 0.5) is 19.0 Å². The van der Waals surface area contributed by atoms with Gasteiger partial charge in [0.1, 0.15) is 34.7 Å². The molecule has 5 rings (SSSR count). The highest BCUT2D eigenvalue weighted by molar-refractivity contribution is 5.92. The van der Waals surface area contributed by atoms with Crippen LogP contribution in [0.3, 0.4) is 0 Å². The number of hydrogen-bond acceptors (Lipinski definition) is 7. The molecule has 0 aromatic carbocycles. The van der Waals surface area contributed by atoms with Gasteiger partial charge in [0.2, 0.25) is 0 Å². The molecule has 2 atom stereocenters. The number of halogens is 3. The van der Waals surface area contributed by atoms with E-state index in [0.29, 0.717) is 46.9 Å². The summed E-state index contributed by atoms with van der Waals surface area (Å²) in [6, 6.07) is 7.78. The number of pyridine rings is 3. The second kappa shape index (κ2) is 9.22. The predicted octanol–water partition coefficient (Wildman–Crippen LogP) is 4.39. The fourth-order valence-corrected chi connectivity index (χ4v) is 4.52. The number of fused-ring (bicyclic) bond motifs is 1. The van der Waals surface area contributed by atoms with Gasteiger partial charge in [0.05, 0.1) is 11.5 Å². The molecule has 192 valence electrons. The Bertz CT molecular complexity index is 1530. The van der Waals surface area contributed by atoms with Crippen molar-refractivity contribution >= 4 is 16.7 Å². The SMILES string of the molecule is Cc1cc([C@@H]2CN(c3cc4c(=O)n(C)c(C)nc4c(-c4ccc(C(F)(F)F)nc4)n3)C[C@H](C)O2)ccn1. The number of nitrogens with zero attached hydrogens (tertiary/aromatic N) is 6. The number of alkyl halides is 3. The third kappa shape index (κ3) is 4.78. The summed E-state index contributed by atoms with van der Waals surface area (Å²) in [5.41, 5.74) is 1.52. The van der Waals surface area contributed by atoms with Gasteiger partial charge in [-0.1, -0.05) is 0 Å². The van der Waals surface area contributed by atoms with Gasteiger partial charge < -0.3 is 9.64 Å². The van der Waals surface area contributed by atoms with E-state index in [1.54, 1.807) is 26.2 Å². The van der Waals surface area contributed by atoms with Crippen molar-refractivity contribution in [3.8, 4) is 11.3 Å². The zero-order valence-corrected chi connectivity index (χ0v) is 20.7. The Balaban J connectivity index is 1.64. The van der Waals surface area contributed by atoms with Crippen LogP contribution in [-0.2, 0) is 18.0 Å². The molecule has 37 heavy (non-hydrogen) atoms. The fraction of sp³-hybridized carbons (Fsp3) is 0.346. The van der Waals surface area contributed by atoms with E-state index in [4.69, 9.17) is 9.72 Å². The standard InChI is InChI=1S/C26H25F3N6O2/c1-14-9-17(7-8-30-14)20-13-35(12-15(2)37-20)22-10-19-24(32-16(3)34(4)25(19)36)23(33-22)18-5-6-21(31-11-18)26(27,28)29/h5-11,15,20H,12-13H2,1-4H3/t15-,20-/m0/s1. The molecule has 8 nitrogen and oxygen atoms in total. The first-order valence-electron chi connectivity index (χ1n) is 11.8. The normalized spacial score (nSPS) is 18.4. The van der Waals surface area contributed by atoms with Gasteiger partial charge in [0, 0.05) is 43.8 Å². The number of morpholine rings is 1. The highest BCUT2D eigenvalue weighted by Gasteiger charge is 2.33. The van der Waals surface area contributed by atoms with Gasteiger partial charge in [-0.25, -0.2) is 9.97 Å². The van der Waals surface area contributed by atoms with Crippen LogP contribution in [0, 0.1) is 13.8 Å². The second-order valence-corrected chi connectivity index (χ2v) is 9.25. The largest absolute Gasteiger partial charge is 0.433 e. The smallest absolute Gasteiger partial charge is 0.367 e. The Morgan fingerprint density at radius 2 is 1.84 bits per heavy atom. The van der Waals surface area contributed by atoms with E-state index in [9.17, 15) is 18.0 Å². The monoisotopic (exact) mass is 510 g/mol. The summed E-state index contributed by atoms with van der Waals surface area (Å²) in [6.07, 6.45) is -2.10. The highest BCUT2D eigenvalue weighted by Crippen LogP contribution is 2.33. The summed E-state index contributed by atoms with van der Waals surface area (Å²) in [4.78, 5) is 32.5. The molecule has 0 spiro atoms. The van der Waals surface area contributed by atoms with E-state index in [0.717, 1.165) is 23.5 Å². The molecule has 0 unspecified atom stereocenters. The molecule has 1 aliphatic rings. The van der Waals surface area contributed by atoms with Gasteiger partial charge in [-0.05, 0) is 56.7 Å². The first kappa shape index (κ1) is 24.8. The third-order valence-electron chi connectivity index (χ3n) is 6.48. The van der Waals surface area contributed by atoms with Crippen molar-refractivity contribution in [3.63, 3.8) is 0 Å². The Morgan fingerprint density at radius 3 is 2.51 bits per heavy atom. The Labute approximate surface area is 210 Å². The number of aryl methyl sites for hydroxylation is 2. The first-order valence-corrected chi connectivity index (χ1v) is 11.8. The number of rotatable bonds is 3. The molecular weight excluding hydrogens is 485 g/mol. The number of ether oxygens (including phenoxy) is 1. The van der Waals surface area contributed by atoms with Gasteiger partial charge in [-0.15, -0.1) is 0 Å². The summed E-state index contributed by atoms with van der Waals surface area (Å²) in [5, 5.41) is 0.323. The summed E-state index contributed by atoms with van der Waals surface area (Å²) in [6.45, 7) is 6.54. The van der Waals surface area contributed by atoms with Crippen molar-refractivity contribution in [2.45, 2.75) is 39.2 Å². The molecule has 0 N–H and O–H groups in total. The topological polar surface area (TPSA) is 86.0 Å². The minimum atomic E-state index is -4.56. The van der Waals surface area contributed by atoms with Crippen molar-refractivity contribution < 1.29 is 17.9 Å². The van der Waals surface area contributed by atoms with Crippen molar-refractivity contribution in [3.05, 3.63) is 75.9 Å². The van der Waals surface area contributed by atoms with Crippen LogP contribution in [0.5, 0.6) is 0 Å². The van der Waals surface area contributed by atoms with E-state index in [-0.39, 0.29) is 17.8 Å². The van der Waals surface area contributed by atoms with Crippen LogP contribution in [0.25, 0.3) is 22.2 Å². The van der Waals surface area contributed by atoms with Gasteiger partial charge >= 0.3 is 6.18 Å². The molecule has 0 bridgehead atoms. The van der Waals surface area contributed by atoms with Crippen molar-refractivity contribution in [2.75, 3.05) is 18.0 Å². The average Bonchev–Trinajstić information content (AvgIpc) is 2.86. The Kier molecular flexibility index (Phi) is 6.18. The molecule has 1 aliphatic heterocycles. The predicted molar refractivity (Wildman–Crippen MR) is 132 cm³/mol. The molecule has 4 aromatic rings. The van der Waals surface area contributed by atoms with E-state index >= 15 is 0 Å². The molecule has 5 heterocycles. The van der Waals surface area contributed by atoms with E-state index < -0.39 is 11.9 Å². The molecule has 0 amide bonds. The average molecular weight is 511 g/mol. The third-order valence-corrected chi connectivity index (χ3v) is 6.48. The Hall–Kier alpha value is -3.86. The van der Waals surface area contributed by atoms with Gasteiger partial charge in [0.25, 0.3) is 5.56 Å². The minimum absolute atomic E-state index is 0.139. The van der Waals surface area contributed by atoms with Crippen molar-refractivity contribution in [1.82, 2.24) is 24.5 Å². The summed E-state index contributed by atoms with van der Waals surface area (Å²) < 4.78 is 47.0. The van der Waals surface area contributed by atoms with Gasteiger partial charge in [0.15, 0.2) is 0 Å². The summed E-state index contributed by atoms with van der Waals surface area (Å²) in [7, 11) is 1.63. The van der Waals surface area contributed by atoms with E-state index in [1.165, 1.54) is 10.6 Å². The van der Waals surface area contributed by atoms with Gasteiger partial charge in [-0.3, -0.25) is 19.3 Å². The number of anilines is 1. The van der Waals surface area contributed by atoms with Crippen LogP contribution in [0.1, 0.15) is 35.8 Å². The molecule has 11 heteroatoms. The maximum atomic E-state index is 13.2. The minimum Gasteiger partial charge on any atom is -0.367 e. The lowest BCUT2D eigenvalue weighted by molar-refractivity contribution is -0.141. The maximum Gasteiger partial charge on any atom is 0.433 e. The van der Waals surface area contributed by atoms with Crippen molar-refractivity contribution in [2.24, 2.45) is 7.05 Å². The first-order chi connectivity index (χ1) is 17.5. The molecular formula is C26H25F3N6O2. The lowest BCUT2D eigenvalue weighted by Crippen LogP contribution is -2.43. The lowest BCUT2D eigenvalue weighted by atomic mass is 10.1. The Morgan fingerprint density at radius 1 is 1.05 bits per heavy atom. The van der Waals surface area contributed by atoms with E-state index in [1.807, 2.05) is 30.9 Å². The fourth-order valence-electron chi connectivity index (χ4n) is 4.52. The van der Waals surface area contributed by atoms with E-state index in [2.05, 4.69) is 15.0 Å². The highest BCUT2D eigenvalue weighted by atomic mass is 19.4.